The van der Waals surface area contributed by atoms with E-state index in [0.29, 0.717) is 17.6 Å². The molecule has 1 fully saturated rings. The van der Waals surface area contributed by atoms with Crippen molar-refractivity contribution in [2.75, 3.05) is 6.61 Å². The van der Waals surface area contributed by atoms with E-state index in [4.69, 9.17) is 13.9 Å². The predicted octanol–water partition coefficient (Wildman–Crippen LogP) is 2.21. The van der Waals surface area contributed by atoms with Gasteiger partial charge in [0.15, 0.2) is 0 Å². The van der Waals surface area contributed by atoms with E-state index in [9.17, 15) is 9.59 Å². The molecule has 5 heteroatoms. The highest BCUT2D eigenvalue weighted by Gasteiger charge is 2.32. The van der Waals surface area contributed by atoms with Crippen molar-refractivity contribution < 1.29 is 23.5 Å². The molecular formula is C14H12O5. The number of para-hydroxylation sites is 1. The SMILES string of the molecule is Cc1c(C(=O)O[C@@H]2CCOC2=O)oc2ccccc12. The van der Waals surface area contributed by atoms with E-state index in [1.807, 2.05) is 18.2 Å². The van der Waals surface area contributed by atoms with Gasteiger partial charge in [0.05, 0.1) is 6.61 Å². The normalized spacial score (nSPS) is 18.6. The zero-order chi connectivity index (χ0) is 13.4. The minimum absolute atomic E-state index is 0.140. The first kappa shape index (κ1) is 11.8. The van der Waals surface area contributed by atoms with Gasteiger partial charge in [-0.25, -0.2) is 9.59 Å². The largest absolute Gasteiger partial charge is 0.463 e. The van der Waals surface area contributed by atoms with Gasteiger partial charge >= 0.3 is 11.9 Å². The minimum atomic E-state index is -0.819. The number of esters is 2. The zero-order valence-electron chi connectivity index (χ0n) is 10.3. The second-order valence-corrected chi connectivity index (χ2v) is 4.40. The molecule has 1 aromatic heterocycles. The van der Waals surface area contributed by atoms with Gasteiger partial charge in [-0.1, -0.05) is 18.2 Å². The highest BCUT2D eigenvalue weighted by molar-refractivity contribution is 5.96. The highest BCUT2D eigenvalue weighted by Crippen LogP contribution is 2.26. The van der Waals surface area contributed by atoms with Gasteiger partial charge in [-0.15, -0.1) is 0 Å². The smallest absolute Gasteiger partial charge is 0.375 e. The van der Waals surface area contributed by atoms with Gasteiger partial charge in [0, 0.05) is 17.4 Å². The lowest BCUT2D eigenvalue weighted by Gasteiger charge is -2.06. The van der Waals surface area contributed by atoms with Crippen LogP contribution in [0, 0.1) is 6.92 Å². The first-order chi connectivity index (χ1) is 9.16. The van der Waals surface area contributed by atoms with E-state index in [0.717, 1.165) is 5.39 Å². The van der Waals surface area contributed by atoms with Crippen LogP contribution >= 0.6 is 0 Å². The Kier molecular flexibility index (Phi) is 2.74. The summed E-state index contributed by atoms with van der Waals surface area (Å²) >= 11 is 0. The number of carbonyl (C=O) groups is 2. The first-order valence-corrected chi connectivity index (χ1v) is 6.02. The van der Waals surface area contributed by atoms with Crippen LogP contribution in [0.1, 0.15) is 22.5 Å². The van der Waals surface area contributed by atoms with Crippen molar-refractivity contribution in [1.29, 1.82) is 0 Å². The fourth-order valence-electron chi connectivity index (χ4n) is 2.14. The van der Waals surface area contributed by atoms with Crippen LogP contribution in [0.5, 0.6) is 0 Å². The molecule has 0 unspecified atom stereocenters. The summed E-state index contributed by atoms with van der Waals surface area (Å²) in [5.74, 6) is -0.986. The molecule has 1 aromatic carbocycles. The van der Waals surface area contributed by atoms with Gasteiger partial charge in [0.2, 0.25) is 11.9 Å². The van der Waals surface area contributed by atoms with Crippen LogP contribution in [0.25, 0.3) is 11.0 Å². The molecule has 1 aliphatic rings. The van der Waals surface area contributed by atoms with Gasteiger partial charge in [0.1, 0.15) is 5.58 Å². The van der Waals surface area contributed by atoms with Crippen molar-refractivity contribution in [3.63, 3.8) is 0 Å². The maximum Gasteiger partial charge on any atom is 0.375 e. The van der Waals surface area contributed by atoms with Crippen LogP contribution in [0.2, 0.25) is 0 Å². The Morgan fingerprint density at radius 1 is 1.37 bits per heavy atom. The fraction of sp³-hybridized carbons (Fsp3) is 0.286. The van der Waals surface area contributed by atoms with Crippen molar-refractivity contribution in [2.24, 2.45) is 0 Å². The Morgan fingerprint density at radius 3 is 2.84 bits per heavy atom. The number of fused-ring (bicyclic) bond motifs is 1. The van der Waals surface area contributed by atoms with Crippen molar-refractivity contribution in [3.05, 3.63) is 35.6 Å². The highest BCUT2D eigenvalue weighted by atomic mass is 16.6. The summed E-state index contributed by atoms with van der Waals surface area (Å²) in [4.78, 5) is 23.3. The molecule has 1 aliphatic heterocycles. The summed E-state index contributed by atoms with van der Waals surface area (Å²) < 4.78 is 15.3. The molecule has 98 valence electrons. The average molecular weight is 260 g/mol. The molecule has 1 atom stereocenters. The summed E-state index contributed by atoms with van der Waals surface area (Å²) in [7, 11) is 0. The second-order valence-electron chi connectivity index (χ2n) is 4.40. The van der Waals surface area contributed by atoms with Gasteiger partial charge < -0.3 is 13.9 Å². The van der Waals surface area contributed by atoms with Crippen molar-refractivity contribution in [3.8, 4) is 0 Å². The molecule has 0 aliphatic carbocycles. The summed E-state index contributed by atoms with van der Waals surface area (Å²) in [5, 5.41) is 0.864. The van der Waals surface area contributed by atoms with Gasteiger partial charge in [0.25, 0.3) is 0 Å². The maximum atomic E-state index is 12.0. The van der Waals surface area contributed by atoms with E-state index in [1.165, 1.54) is 0 Å². The Bertz CT molecular complexity index is 655. The zero-order valence-corrected chi connectivity index (χ0v) is 10.3. The lowest BCUT2D eigenvalue weighted by atomic mass is 10.1. The topological polar surface area (TPSA) is 65.7 Å². The molecule has 0 spiro atoms. The molecule has 1 saturated heterocycles. The van der Waals surface area contributed by atoms with Crippen LogP contribution in [-0.2, 0) is 14.3 Å². The third-order valence-corrected chi connectivity index (χ3v) is 3.17. The lowest BCUT2D eigenvalue weighted by Crippen LogP contribution is -2.22. The Labute approximate surface area is 109 Å². The minimum Gasteiger partial charge on any atom is -0.463 e. The Hall–Kier alpha value is -2.30. The van der Waals surface area contributed by atoms with Crippen LogP contribution in [0.4, 0.5) is 0 Å². The van der Waals surface area contributed by atoms with Gasteiger partial charge in [-0.2, -0.15) is 0 Å². The number of ether oxygens (including phenoxy) is 2. The Morgan fingerprint density at radius 2 is 2.16 bits per heavy atom. The standard InChI is InChI=1S/C14H12O5/c1-8-9-4-2-3-5-10(9)18-12(8)14(16)19-11-6-7-17-13(11)15/h2-5,11H,6-7H2,1H3/t11-/m1/s1. The van der Waals surface area contributed by atoms with Crippen LogP contribution in [0.3, 0.4) is 0 Å². The molecule has 2 aromatic rings. The lowest BCUT2D eigenvalue weighted by molar-refractivity contribution is -0.145. The number of benzene rings is 1. The van der Waals surface area contributed by atoms with E-state index in [2.05, 4.69) is 0 Å². The number of hydrogen-bond acceptors (Lipinski definition) is 5. The van der Waals surface area contributed by atoms with E-state index >= 15 is 0 Å². The number of hydrogen-bond donors (Lipinski definition) is 0. The second kappa shape index (κ2) is 4.42. The van der Waals surface area contributed by atoms with Crippen LogP contribution < -0.4 is 0 Å². The number of furan rings is 1. The number of rotatable bonds is 2. The molecular weight excluding hydrogens is 248 g/mol. The predicted molar refractivity (Wildman–Crippen MR) is 65.7 cm³/mol. The van der Waals surface area contributed by atoms with Gasteiger partial charge in [-0.05, 0) is 13.0 Å². The van der Waals surface area contributed by atoms with Crippen molar-refractivity contribution in [2.45, 2.75) is 19.4 Å². The van der Waals surface area contributed by atoms with Gasteiger partial charge in [-0.3, -0.25) is 0 Å². The number of carbonyl (C=O) groups excluding carboxylic acids is 2. The van der Waals surface area contributed by atoms with E-state index in [1.54, 1.807) is 13.0 Å². The monoisotopic (exact) mass is 260 g/mol. The third kappa shape index (κ3) is 1.97. The summed E-state index contributed by atoms with van der Waals surface area (Å²) in [6.45, 7) is 2.07. The molecule has 19 heavy (non-hydrogen) atoms. The molecule has 0 N–H and O–H groups in total. The fourth-order valence-corrected chi connectivity index (χ4v) is 2.14. The quantitative estimate of drug-likeness (QED) is 0.774. The van der Waals surface area contributed by atoms with Crippen LogP contribution in [-0.4, -0.2) is 24.6 Å². The molecule has 0 saturated carbocycles. The van der Waals surface area contributed by atoms with Crippen molar-refractivity contribution in [1.82, 2.24) is 0 Å². The summed E-state index contributed by atoms with van der Waals surface area (Å²) in [6, 6.07) is 7.35. The summed E-state index contributed by atoms with van der Waals surface area (Å²) in [5.41, 5.74) is 1.34. The molecule has 2 heterocycles. The van der Waals surface area contributed by atoms with Crippen molar-refractivity contribution >= 4 is 22.9 Å². The molecule has 0 radical (unpaired) electrons. The molecule has 0 bridgehead atoms. The van der Waals surface area contributed by atoms with E-state index < -0.39 is 18.0 Å². The van der Waals surface area contributed by atoms with Crippen LogP contribution in [0.15, 0.2) is 28.7 Å². The van der Waals surface area contributed by atoms with E-state index in [-0.39, 0.29) is 12.4 Å². The molecule has 5 nitrogen and oxygen atoms in total. The Balaban J connectivity index is 1.89. The maximum absolute atomic E-state index is 12.0. The summed E-state index contributed by atoms with van der Waals surface area (Å²) in [6.07, 6.45) is -0.427. The number of aryl methyl sites for hydroxylation is 1. The average Bonchev–Trinajstić information content (AvgIpc) is 2.95. The third-order valence-electron chi connectivity index (χ3n) is 3.17. The molecule has 3 rings (SSSR count). The molecule has 0 amide bonds. The first-order valence-electron chi connectivity index (χ1n) is 6.02. The number of cyclic esters (lactones) is 1.